The lowest BCUT2D eigenvalue weighted by Gasteiger charge is -2.22. The fourth-order valence-electron chi connectivity index (χ4n) is 2.05. The van der Waals surface area contributed by atoms with Crippen LogP contribution in [-0.2, 0) is 0 Å². The van der Waals surface area contributed by atoms with E-state index in [2.05, 4.69) is 4.98 Å². The van der Waals surface area contributed by atoms with Crippen LogP contribution in [0.4, 0.5) is 4.79 Å². The molecule has 1 aromatic heterocycles. The van der Waals surface area contributed by atoms with Gasteiger partial charge in [0.05, 0.1) is 6.04 Å². The SMILES string of the molecule is CN1CC(c2ccncc2)N(CCN)C1=O. The van der Waals surface area contributed by atoms with Crippen LogP contribution in [0.3, 0.4) is 0 Å². The molecule has 86 valence electrons. The van der Waals surface area contributed by atoms with Crippen LogP contribution in [0, 0.1) is 0 Å². The fraction of sp³-hybridized carbons (Fsp3) is 0.455. The summed E-state index contributed by atoms with van der Waals surface area (Å²) >= 11 is 0. The number of carbonyl (C=O) groups excluding carboxylic acids is 1. The molecule has 2 N–H and O–H groups in total. The number of amides is 2. The second-order valence-corrected chi connectivity index (χ2v) is 3.94. The van der Waals surface area contributed by atoms with Gasteiger partial charge in [0.25, 0.3) is 0 Å². The fourth-order valence-corrected chi connectivity index (χ4v) is 2.05. The van der Waals surface area contributed by atoms with Crippen molar-refractivity contribution in [2.75, 3.05) is 26.7 Å². The number of rotatable bonds is 3. The van der Waals surface area contributed by atoms with E-state index in [0.29, 0.717) is 19.6 Å². The highest BCUT2D eigenvalue weighted by Crippen LogP contribution is 2.27. The van der Waals surface area contributed by atoms with Crippen molar-refractivity contribution in [1.29, 1.82) is 0 Å². The van der Waals surface area contributed by atoms with E-state index in [1.807, 2.05) is 24.1 Å². The molecule has 0 saturated carbocycles. The third kappa shape index (κ3) is 1.86. The van der Waals surface area contributed by atoms with Crippen molar-refractivity contribution in [3.05, 3.63) is 30.1 Å². The molecule has 0 aliphatic carbocycles. The molecule has 1 aliphatic rings. The first-order valence-corrected chi connectivity index (χ1v) is 5.35. The van der Waals surface area contributed by atoms with E-state index in [4.69, 9.17) is 5.73 Å². The number of carbonyl (C=O) groups is 1. The number of hydrogen-bond acceptors (Lipinski definition) is 3. The molecule has 1 unspecified atom stereocenters. The topological polar surface area (TPSA) is 62.5 Å². The summed E-state index contributed by atoms with van der Waals surface area (Å²) in [6.07, 6.45) is 3.50. The minimum Gasteiger partial charge on any atom is -0.329 e. The van der Waals surface area contributed by atoms with Gasteiger partial charge in [-0.2, -0.15) is 0 Å². The first kappa shape index (κ1) is 10.9. The first-order chi connectivity index (χ1) is 7.74. The third-order valence-corrected chi connectivity index (χ3v) is 2.86. The Bertz CT molecular complexity index is 368. The van der Waals surface area contributed by atoms with Crippen molar-refractivity contribution in [3.8, 4) is 0 Å². The summed E-state index contributed by atoms with van der Waals surface area (Å²) in [4.78, 5) is 19.4. The zero-order valence-electron chi connectivity index (χ0n) is 9.34. The molecule has 2 rings (SSSR count). The first-order valence-electron chi connectivity index (χ1n) is 5.35. The molecular weight excluding hydrogens is 204 g/mol. The van der Waals surface area contributed by atoms with Gasteiger partial charge in [-0.25, -0.2) is 4.79 Å². The Morgan fingerprint density at radius 3 is 2.81 bits per heavy atom. The summed E-state index contributed by atoms with van der Waals surface area (Å²) in [6.45, 7) is 1.79. The molecule has 16 heavy (non-hydrogen) atoms. The van der Waals surface area contributed by atoms with Gasteiger partial charge in [-0.3, -0.25) is 4.98 Å². The van der Waals surface area contributed by atoms with Gasteiger partial charge in [0, 0.05) is 39.1 Å². The van der Waals surface area contributed by atoms with Gasteiger partial charge in [-0.1, -0.05) is 0 Å². The highest BCUT2D eigenvalue weighted by Gasteiger charge is 2.35. The molecule has 0 bridgehead atoms. The number of nitrogens with zero attached hydrogens (tertiary/aromatic N) is 3. The van der Waals surface area contributed by atoms with Crippen LogP contribution < -0.4 is 5.73 Å². The van der Waals surface area contributed by atoms with Crippen molar-refractivity contribution >= 4 is 6.03 Å². The summed E-state index contributed by atoms with van der Waals surface area (Å²) in [5.74, 6) is 0. The van der Waals surface area contributed by atoms with Crippen molar-refractivity contribution < 1.29 is 4.79 Å². The molecular formula is C11H16N4O. The average molecular weight is 220 g/mol. The summed E-state index contributed by atoms with van der Waals surface area (Å²) < 4.78 is 0. The number of pyridine rings is 1. The molecule has 1 aromatic rings. The van der Waals surface area contributed by atoms with Gasteiger partial charge >= 0.3 is 6.03 Å². The number of urea groups is 1. The highest BCUT2D eigenvalue weighted by molar-refractivity contribution is 5.77. The molecule has 0 radical (unpaired) electrons. The second kappa shape index (κ2) is 4.49. The van der Waals surface area contributed by atoms with Crippen LogP contribution in [0.2, 0.25) is 0 Å². The Hall–Kier alpha value is -1.62. The Kier molecular flexibility index (Phi) is 3.05. The van der Waals surface area contributed by atoms with Gasteiger partial charge in [-0.05, 0) is 17.7 Å². The lowest BCUT2D eigenvalue weighted by molar-refractivity contribution is 0.192. The number of likely N-dealkylation sites (N-methyl/N-ethyl adjacent to an activating group) is 1. The molecule has 1 fully saturated rings. The van der Waals surface area contributed by atoms with Crippen molar-refractivity contribution in [2.24, 2.45) is 5.73 Å². The zero-order chi connectivity index (χ0) is 11.5. The van der Waals surface area contributed by atoms with Crippen molar-refractivity contribution in [1.82, 2.24) is 14.8 Å². The largest absolute Gasteiger partial charge is 0.329 e. The minimum absolute atomic E-state index is 0.0484. The van der Waals surface area contributed by atoms with Gasteiger partial charge in [-0.15, -0.1) is 0 Å². The van der Waals surface area contributed by atoms with E-state index >= 15 is 0 Å². The van der Waals surface area contributed by atoms with Crippen LogP contribution in [0.5, 0.6) is 0 Å². The molecule has 0 aromatic carbocycles. The predicted molar refractivity (Wildman–Crippen MR) is 60.8 cm³/mol. The van der Waals surface area contributed by atoms with Crippen LogP contribution in [0.15, 0.2) is 24.5 Å². The van der Waals surface area contributed by atoms with Crippen LogP contribution >= 0.6 is 0 Å². The summed E-state index contributed by atoms with van der Waals surface area (Å²) in [7, 11) is 1.81. The number of hydrogen-bond donors (Lipinski definition) is 1. The average Bonchev–Trinajstić information content (AvgIpc) is 2.59. The van der Waals surface area contributed by atoms with E-state index in [9.17, 15) is 4.79 Å². The maximum Gasteiger partial charge on any atom is 0.320 e. The number of aromatic nitrogens is 1. The Morgan fingerprint density at radius 2 is 2.19 bits per heavy atom. The van der Waals surface area contributed by atoms with Crippen LogP contribution in [0.25, 0.3) is 0 Å². The van der Waals surface area contributed by atoms with E-state index in [0.717, 1.165) is 5.56 Å². The lowest BCUT2D eigenvalue weighted by Crippen LogP contribution is -2.34. The normalized spacial score (nSPS) is 20.6. The molecule has 5 nitrogen and oxygen atoms in total. The molecule has 5 heteroatoms. The second-order valence-electron chi connectivity index (χ2n) is 3.94. The highest BCUT2D eigenvalue weighted by atomic mass is 16.2. The summed E-state index contributed by atoms with van der Waals surface area (Å²) in [6, 6.07) is 4.04. The molecule has 1 atom stereocenters. The van der Waals surface area contributed by atoms with E-state index in [1.54, 1.807) is 17.3 Å². The van der Waals surface area contributed by atoms with E-state index < -0.39 is 0 Å². The van der Waals surface area contributed by atoms with Gasteiger partial charge in [0.1, 0.15) is 0 Å². The zero-order valence-corrected chi connectivity index (χ0v) is 9.34. The standard InChI is InChI=1S/C11H16N4O/c1-14-8-10(9-2-5-13-6-3-9)15(7-4-12)11(14)16/h2-3,5-6,10H,4,7-8,12H2,1H3. The van der Waals surface area contributed by atoms with Gasteiger partial charge in [0.2, 0.25) is 0 Å². The van der Waals surface area contributed by atoms with E-state index in [1.165, 1.54) is 0 Å². The molecule has 1 saturated heterocycles. The summed E-state index contributed by atoms with van der Waals surface area (Å²) in [5.41, 5.74) is 6.64. The third-order valence-electron chi connectivity index (χ3n) is 2.86. The maximum atomic E-state index is 11.9. The van der Waals surface area contributed by atoms with Gasteiger partial charge < -0.3 is 15.5 Å². The van der Waals surface area contributed by atoms with Crippen molar-refractivity contribution in [2.45, 2.75) is 6.04 Å². The summed E-state index contributed by atoms with van der Waals surface area (Å²) in [5, 5.41) is 0. The predicted octanol–water partition coefficient (Wildman–Crippen LogP) is 0.449. The Balaban J connectivity index is 2.23. The monoisotopic (exact) mass is 220 g/mol. The molecule has 0 spiro atoms. The molecule has 2 heterocycles. The van der Waals surface area contributed by atoms with Crippen molar-refractivity contribution in [3.63, 3.8) is 0 Å². The maximum absolute atomic E-state index is 11.9. The molecule has 1 aliphatic heterocycles. The van der Waals surface area contributed by atoms with Gasteiger partial charge in [0.15, 0.2) is 0 Å². The molecule has 2 amide bonds. The quantitative estimate of drug-likeness (QED) is 0.804. The Labute approximate surface area is 94.9 Å². The van der Waals surface area contributed by atoms with Crippen LogP contribution in [-0.4, -0.2) is 47.5 Å². The van der Waals surface area contributed by atoms with Crippen LogP contribution in [0.1, 0.15) is 11.6 Å². The number of nitrogens with two attached hydrogens (primary N) is 1. The lowest BCUT2D eigenvalue weighted by atomic mass is 10.1. The minimum atomic E-state index is 0.0484. The smallest absolute Gasteiger partial charge is 0.320 e. The Morgan fingerprint density at radius 1 is 1.50 bits per heavy atom. The van der Waals surface area contributed by atoms with E-state index in [-0.39, 0.29) is 12.1 Å².